The summed E-state index contributed by atoms with van der Waals surface area (Å²) in [6, 6.07) is 0. The number of methoxy groups -OCH3 is 1. The normalized spacial score (nSPS) is 15.9. The van der Waals surface area contributed by atoms with Crippen LogP contribution in [0.25, 0.3) is 0 Å². The third-order valence-corrected chi connectivity index (χ3v) is 5.30. The maximum atomic E-state index is 12.5. The lowest BCUT2D eigenvalue weighted by molar-refractivity contribution is -0.132. The van der Waals surface area contributed by atoms with Crippen LogP contribution in [-0.4, -0.2) is 97.3 Å². The first-order valence-electron chi connectivity index (χ1n) is 7.69. The number of hydrogen-bond donors (Lipinski definition) is 0. The summed E-state index contributed by atoms with van der Waals surface area (Å²) in [6.07, 6.45) is 2.69. The third-order valence-electron chi connectivity index (χ3n) is 4.00. The monoisotopic (exact) mass is 373 g/mol. The minimum absolute atomic E-state index is 0.101. The summed E-state index contributed by atoms with van der Waals surface area (Å²) >= 11 is 0. The van der Waals surface area contributed by atoms with Crippen molar-refractivity contribution in [2.75, 3.05) is 53.1 Å². The molecule has 1 aliphatic rings. The van der Waals surface area contributed by atoms with Crippen LogP contribution in [0.2, 0.25) is 0 Å². The van der Waals surface area contributed by atoms with Crippen molar-refractivity contribution in [3.05, 3.63) is 11.8 Å². The molecule has 0 unspecified atom stereocenters. The molecule has 2 amide bonds. The molecule has 1 fully saturated rings. The minimum atomic E-state index is -3.25. The van der Waals surface area contributed by atoms with Gasteiger partial charge in [0.05, 0.1) is 19.9 Å². The van der Waals surface area contributed by atoms with Crippen LogP contribution in [0.5, 0.6) is 5.88 Å². The minimum Gasteiger partial charge on any atom is -0.479 e. The van der Waals surface area contributed by atoms with Crippen LogP contribution in [0.1, 0.15) is 10.4 Å². The standard InChI is InChI=1S/C14H23N5O5S/c1-16(14(21)11-9-17(2)15-13(11)24-3)10-12(20)18-5-7-19(8-6-18)25(4,22)23/h9H,5-8,10H2,1-4H3. The number of piperazine rings is 1. The Morgan fingerprint density at radius 3 is 2.40 bits per heavy atom. The van der Waals surface area contributed by atoms with Gasteiger partial charge >= 0.3 is 0 Å². The van der Waals surface area contributed by atoms with Gasteiger partial charge in [-0.1, -0.05) is 0 Å². The fraction of sp³-hybridized carbons (Fsp3) is 0.643. The van der Waals surface area contributed by atoms with E-state index in [1.165, 1.54) is 34.2 Å². The lowest BCUT2D eigenvalue weighted by Crippen LogP contribution is -2.52. The molecule has 0 atom stereocenters. The van der Waals surface area contributed by atoms with Gasteiger partial charge in [-0.25, -0.2) is 8.42 Å². The maximum Gasteiger partial charge on any atom is 0.261 e. The second-order valence-electron chi connectivity index (χ2n) is 5.93. The number of sulfonamides is 1. The Balaban J connectivity index is 1.95. The van der Waals surface area contributed by atoms with Crippen molar-refractivity contribution in [3.63, 3.8) is 0 Å². The van der Waals surface area contributed by atoms with Crippen molar-refractivity contribution >= 4 is 21.8 Å². The molecule has 1 aromatic heterocycles. The largest absolute Gasteiger partial charge is 0.479 e. The molecule has 1 saturated heterocycles. The summed E-state index contributed by atoms with van der Waals surface area (Å²) in [4.78, 5) is 27.7. The molecule has 1 aliphatic heterocycles. The van der Waals surface area contributed by atoms with E-state index in [9.17, 15) is 18.0 Å². The summed E-state index contributed by atoms with van der Waals surface area (Å²) < 4.78 is 30.9. The van der Waals surface area contributed by atoms with E-state index in [-0.39, 0.29) is 42.9 Å². The zero-order valence-corrected chi connectivity index (χ0v) is 15.6. The number of ether oxygens (including phenoxy) is 1. The molecule has 0 spiro atoms. The van der Waals surface area contributed by atoms with Crippen molar-refractivity contribution in [3.8, 4) is 5.88 Å². The van der Waals surface area contributed by atoms with E-state index in [0.717, 1.165) is 6.26 Å². The van der Waals surface area contributed by atoms with Crippen LogP contribution in [-0.2, 0) is 21.9 Å². The lowest BCUT2D eigenvalue weighted by Gasteiger charge is -2.34. The Kier molecular flexibility index (Phi) is 5.68. The molecule has 0 N–H and O–H groups in total. The Hall–Kier alpha value is -2.14. The first-order valence-corrected chi connectivity index (χ1v) is 9.54. The van der Waals surface area contributed by atoms with Gasteiger partial charge in [0.2, 0.25) is 21.8 Å². The van der Waals surface area contributed by atoms with Crippen molar-refractivity contribution in [1.29, 1.82) is 0 Å². The van der Waals surface area contributed by atoms with E-state index in [2.05, 4.69) is 5.10 Å². The number of hydrogen-bond acceptors (Lipinski definition) is 6. The number of carbonyl (C=O) groups is 2. The molecule has 0 aromatic carbocycles. The fourth-order valence-corrected chi connectivity index (χ4v) is 3.44. The summed E-state index contributed by atoms with van der Waals surface area (Å²) in [5.41, 5.74) is 0.280. The van der Waals surface area contributed by atoms with E-state index in [1.807, 2.05) is 0 Å². The number of nitrogens with zero attached hydrogens (tertiary/aromatic N) is 5. The van der Waals surface area contributed by atoms with Crippen molar-refractivity contribution in [1.82, 2.24) is 23.9 Å². The average molecular weight is 373 g/mol. The third kappa shape index (κ3) is 4.48. The summed E-state index contributed by atoms with van der Waals surface area (Å²) in [6.45, 7) is 1.04. The van der Waals surface area contributed by atoms with Gasteiger partial charge < -0.3 is 14.5 Å². The van der Waals surface area contributed by atoms with E-state index in [4.69, 9.17) is 4.74 Å². The van der Waals surface area contributed by atoms with Crippen LogP contribution < -0.4 is 4.74 Å². The molecular weight excluding hydrogens is 350 g/mol. The molecule has 140 valence electrons. The molecule has 11 heteroatoms. The quantitative estimate of drug-likeness (QED) is 0.629. The summed E-state index contributed by atoms with van der Waals surface area (Å²) in [5, 5.41) is 4.02. The van der Waals surface area contributed by atoms with Crippen LogP contribution >= 0.6 is 0 Å². The molecular formula is C14H23N5O5S. The molecule has 10 nitrogen and oxygen atoms in total. The highest BCUT2D eigenvalue weighted by Gasteiger charge is 2.28. The first-order chi connectivity index (χ1) is 11.6. The number of likely N-dealkylation sites (N-methyl/N-ethyl adjacent to an activating group) is 1. The zero-order chi connectivity index (χ0) is 18.8. The highest BCUT2D eigenvalue weighted by Crippen LogP contribution is 2.17. The highest BCUT2D eigenvalue weighted by atomic mass is 32.2. The topological polar surface area (TPSA) is 105 Å². The van der Waals surface area contributed by atoms with Crippen molar-refractivity contribution < 1.29 is 22.7 Å². The van der Waals surface area contributed by atoms with E-state index < -0.39 is 10.0 Å². The first kappa shape index (κ1) is 19.2. The molecule has 2 rings (SSSR count). The SMILES string of the molecule is COc1nn(C)cc1C(=O)N(C)CC(=O)N1CCN(S(C)(=O)=O)CC1. The number of aryl methyl sites for hydroxylation is 1. The number of rotatable bonds is 5. The maximum absolute atomic E-state index is 12.5. The molecule has 2 heterocycles. The summed E-state index contributed by atoms with van der Waals surface area (Å²) in [7, 11) is 1.38. The average Bonchev–Trinajstić information content (AvgIpc) is 2.94. The van der Waals surface area contributed by atoms with Crippen molar-refractivity contribution in [2.24, 2.45) is 7.05 Å². The zero-order valence-electron chi connectivity index (χ0n) is 14.8. The van der Waals surface area contributed by atoms with Crippen molar-refractivity contribution in [2.45, 2.75) is 0 Å². The molecule has 0 bridgehead atoms. The number of carbonyl (C=O) groups excluding carboxylic acids is 2. The van der Waals surface area contributed by atoms with E-state index in [0.29, 0.717) is 13.1 Å². The van der Waals surface area contributed by atoms with Gasteiger partial charge in [-0.3, -0.25) is 14.3 Å². The highest BCUT2D eigenvalue weighted by molar-refractivity contribution is 7.88. The number of aromatic nitrogens is 2. The lowest BCUT2D eigenvalue weighted by atomic mass is 10.3. The Bertz CT molecular complexity index is 752. The molecule has 0 aliphatic carbocycles. The van der Waals surface area contributed by atoms with Crippen LogP contribution in [0.15, 0.2) is 6.20 Å². The molecule has 0 saturated carbocycles. The van der Waals surface area contributed by atoms with Crippen LogP contribution in [0, 0.1) is 0 Å². The Labute approximate surface area is 147 Å². The van der Waals surface area contributed by atoms with E-state index in [1.54, 1.807) is 11.9 Å². The molecule has 0 radical (unpaired) electrons. The van der Waals surface area contributed by atoms with E-state index >= 15 is 0 Å². The van der Waals surface area contributed by atoms with Crippen LogP contribution in [0.3, 0.4) is 0 Å². The van der Waals surface area contributed by atoms with Gasteiger partial charge in [0.15, 0.2) is 0 Å². The van der Waals surface area contributed by atoms with Gasteiger partial charge in [-0.2, -0.15) is 4.31 Å². The van der Waals surface area contributed by atoms with Gasteiger partial charge in [0.25, 0.3) is 5.91 Å². The Morgan fingerprint density at radius 1 is 1.28 bits per heavy atom. The van der Waals surface area contributed by atoms with Crippen LogP contribution in [0.4, 0.5) is 0 Å². The predicted molar refractivity (Wildman–Crippen MR) is 89.7 cm³/mol. The fourth-order valence-electron chi connectivity index (χ4n) is 2.61. The second kappa shape index (κ2) is 7.40. The molecule has 1 aromatic rings. The van der Waals surface area contributed by atoms with Gasteiger partial charge in [0, 0.05) is 46.5 Å². The van der Waals surface area contributed by atoms with Gasteiger partial charge in [-0.15, -0.1) is 5.10 Å². The molecule has 25 heavy (non-hydrogen) atoms. The van der Waals surface area contributed by atoms with Gasteiger partial charge in [-0.05, 0) is 0 Å². The van der Waals surface area contributed by atoms with Gasteiger partial charge in [0.1, 0.15) is 5.56 Å². The summed E-state index contributed by atoms with van der Waals surface area (Å²) in [5.74, 6) is -0.395. The second-order valence-corrected chi connectivity index (χ2v) is 7.91. The predicted octanol–water partition coefficient (Wildman–Crippen LogP) is -1.40. The number of amides is 2. The Morgan fingerprint density at radius 2 is 1.88 bits per heavy atom. The smallest absolute Gasteiger partial charge is 0.261 e.